The lowest BCUT2D eigenvalue weighted by Gasteiger charge is -2.29. The summed E-state index contributed by atoms with van der Waals surface area (Å²) in [6, 6.07) is -0.575. The summed E-state index contributed by atoms with van der Waals surface area (Å²) < 4.78 is 10.7. The number of hydrogen-bond acceptors (Lipinski definition) is 4. The number of carbonyl (C=O) groups is 2. The molecule has 0 aliphatic heterocycles. The molecule has 0 saturated heterocycles. The molecule has 0 aromatic rings. The molecule has 1 N–H and O–H groups in total. The van der Waals surface area contributed by atoms with Crippen molar-refractivity contribution >= 4 is 12.1 Å². The molecule has 1 rings (SSSR count). The van der Waals surface area contributed by atoms with Crippen molar-refractivity contribution in [1.29, 1.82) is 0 Å². The highest BCUT2D eigenvalue weighted by Crippen LogP contribution is 2.27. The number of amides is 1. The van der Waals surface area contributed by atoms with Crippen LogP contribution in [0.25, 0.3) is 0 Å². The highest BCUT2D eigenvalue weighted by atomic mass is 16.6. The molecule has 1 fully saturated rings. The molecule has 0 aromatic heterocycles. The lowest BCUT2D eigenvalue weighted by molar-refractivity contribution is -0.148. The first-order valence-corrected chi connectivity index (χ1v) is 11.1. The molecule has 0 bridgehead atoms. The summed E-state index contributed by atoms with van der Waals surface area (Å²) >= 11 is 0. The first-order valence-electron chi connectivity index (χ1n) is 11.1. The van der Waals surface area contributed by atoms with Crippen molar-refractivity contribution in [2.45, 2.75) is 104 Å². The summed E-state index contributed by atoms with van der Waals surface area (Å²) in [6.07, 6.45) is 13.1. The molecule has 1 aliphatic rings. The molecule has 1 unspecified atom stereocenters. The van der Waals surface area contributed by atoms with Crippen LogP contribution in [-0.2, 0) is 14.3 Å². The van der Waals surface area contributed by atoms with E-state index in [0.717, 1.165) is 38.5 Å². The molecular weight excluding hydrogens is 342 g/mol. The molecule has 0 heterocycles. The summed E-state index contributed by atoms with van der Waals surface area (Å²) in [5, 5.41) is 2.78. The molecule has 5 heteroatoms. The summed E-state index contributed by atoms with van der Waals surface area (Å²) in [5.74, 6) is 0.134. The van der Waals surface area contributed by atoms with Crippen molar-refractivity contribution in [3.8, 4) is 0 Å². The maximum Gasteiger partial charge on any atom is 0.407 e. The van der Waals surface area contributed by atoms with E-state index in [0.29, 0.717) is 13.2 Å². The fraction of sp³-hybridized carbons (Fsp3) is 0.909. The van der Waals surface area contributed by atoms with E-state index in [9.17, 15) is 9.59 Å². The molecule has 0 radical (unpaired) electrons. The smallest absolute Gasteiger partial charge is 0.407 e. The predicted molar refractivity (Wildman–Crippen MR) is 109 cm³/mol. The van der Waals surface area contributed by atoms with Gasteiger partial charge in [-0.25, -0.2) is 9.59 Å². The van der Waals surface area contributed by atoms with Crippen LogP contribution in [0.3, 0.4) is 0 Å². The molecule has 27 heavy (non-hydrogen) atoms. The first-order chi connectivity index (χ1) is 13.0. The van der Waals surface area contributed by atoms with Crippen LogP contribution in [0.2, 0.25) is 0 Å². The number of ether oxygens (including phenoxy) is 2. The third-order valence-corrected chi connectivity index (χ3v) is 5.19. The summed E-state index contributed by atoms with van der Waals surface area (Å²) in [7, 11) is 0. The van der Waals surface area contributed by atoms with Crippen LogP contribution in [0.5, 0.6) is 0 Å². The van der Waals surface area contributed by atoms with Crippen LogP contribution in [0.1, 0.15) is 97.8 Å². The maximum absolute atomic E-state index is 12.6. The second-order valence-corrected chi connectivity index (χ2v) is 8.30. The third-order valence-electron chi connectivity index (χ3n) is 5.19. The maximum atomic E-state index is 12.6. The van der Waals surface area contributed by atoms with Gasteiger partial charge in [0.1, 0.15) is 6.04 Å². The van der Waals surface area contributed by atoms with Crippen molar-refractivity contribution in [3.05, 3.63) is 0 Å². The quantitative estimate of drug-likeness (QED) is 0.331. The largest absolute Gasteiger partial charge is 0.464 e. The zero-order chi connectivity index (χ0) is 19.9. The third kappa shape index (κ3) is 11.2. The van der Waals surface area contributed by atoms with Gasteiger partial charge in [0.25, 0.3) is 0 Å². The van der Waals surface area contributed by atoms with Gasteiger partial charge in [-0.3, -0.25) is 0 Å². The topological polar surface area (TPSA) is 64.6 Å². The SMILES string of the molecule is CCCCCCCCCOC(=O)C(NC(=O)OCC(C)C)C1CCCCC1. The number of nitrogens with one attached hydrogen (secondary N) is 1. The van der Waals surface area contributed by atoms with Crippen molar-refractivity contribution in [2.75, 3.05) is 13.2 Å². The summed E-state index contributed by atoms with van der Waals surface area (Å²) in [5.41, 5.74) is 0. The molecular formula is C22H41NO4. The van der Waals surface area contributed by atoms with Crippen molar-refractivity contribution < 1.29 is 19.1 Å². The Labute approximate surface area is 165 Å². The number of esters is 1. The molecule has 1 aliphatic carbocycles. The average molecular weight is 384 g/mol. The van der Waals surface area contributed by atoms with E-state index in [1.807, 2.05) is 13.8 Å². The van der Waals surface area contributed by atoms with Crippen LogP contribution >= 0.6 is 0 Å². The zero-order valence-electron chi connectivity index (χ0n) is 17.8. The molecule has 1 amide bonds. The minimum Gasteiger partial charge on any atom is -0.464 e. The second-order valence-electron chi connectivity index (χ2n) is 8.30. The standard InChI is InChI=1S/C22H41NO4/c1-4-5-6-7-8-9-13-16-26-21(24)20(19-14-11-10-12-15-19)23-22(25)27-17-18(2)3/h18-20H,4-17H2,1-3H3,(H,23,25). The normalized spacial score (nSPS) is 16.1. The van der Waals surface area contributed by atoms with Gasteiger partial charge in [0.2, 0.25) is 0 Å². The Morgan fingerprint density at radius 2 is 1.56 bits per heavy atom. The lowest BCUT2D eigenvalue weighted by atomic mass is 9.84. The highest BCUT2D eigenvalue weighted by molar-refractivity contribution is 5.81. The molecule has 1 atom stereocenters. The minimum atomic E-state index is -0.575. The van der Waals surface area contributed by atoms with Crippen molar-refractivity contribution in [3.63, 3.8) is 0 Å². The zero-order valence-corrected chi connectivity index (χ0v) is 17.8. The second kappa shape index (κ2) is 14.8. The Morgan fingerprint density at radius 1 is 0.926 bits per heavy atom. The van der Waals surface area contributed by atoms with Gasteiger partial charge in [0.15, 0.2) is 0 Å². The van der Waals surface area contributed by atoms with Crippen LogP contribution in [0, 0.1) is 11.8 Å². The van der Waals surface area contributed by atoms with Gasteiger partial charge in [-0.2, -0.15) is 0 Å². The molecule has 0 aromatic carbocycles. The van der Waals surface area contributed by atoms with Gasteiger partial charge in [-0.15, -0.1) is 0 Å². The van der Waals surface area contributed by atoms with Crippen LogP contribution in [-0.4, -0.2) is 31.3 Å². The van der Waals surface area contributed by atoms with E-state index in [-0.39, 0.29) is 17.8 Å². The van der Waals surface area contributed by atoms with Gasteiger partial charge >= 0.3 is 12.1 Å². The van der Waals surface area contributed by atoms with E-state index in [4.69, 9.17) is 9.47 Å². The number of hydrogen-bond donors (Lipinski definition) is 1. The Balaban J connectivity index is 2.37. The highest BCUT2D eigenvalue weighted by Gasteiger charge is 2.32. The number of carbonyl (C=O) groups excluding carboxylic acids is 2. The monoisotopic (exact) mass is 383 g/mol. The fourth-order valence-corrected chi connectivity index (χ4v) is 3.57. The Morgan fingerprint density at radius 3 is 2.19 bits per heavy atom. The van der Waals surface area contributed by atoms with Crippen molar-refractivity contribution in [2.24, 2.45) is 11.8 Å². The molecule has 1 saturated carbocycles. The van der Waals surface area contributed by atoms with E-state index < -0.39 is 12.1 Å². The first kappa shape index (κ1) is 23.8. The summed E-state index contributed by atoms with van der Waals surface area (Å²) in [4.78, 5) is 24.7. The van der Waals surface area contributed by atoms with Gasteiger partial charge in [0.05, 0.1) is 13.2 Å². The van der Waals surface area contributed by atoms with Gasteiger partial charge in [-0.05, 0) is 31.1 Å². The van der Waals surface area contributed by atoms with Crippen molar-refractivity contribution in [1.82, 2.24) is 5.32 Å². The van der Waals surface area contributed by atoms with Crippen LogP contribution < -0.4 is 5.32 Å². The van der Waals surface area contributed by atoms with E-state index >= 15 is 0 Å². The predicted octanol–water partition coefficient (Wildman–Crippen LogP) is 5.61. The minimum absolute atomic E-state index is 0.159. The average Bonchev–Trinajstić information content (AvgIpc) is 2.67. The van der Waals surface area contributed by atoms with Gasteiger partial charge < -0.3 is 14.8 Å². The number of unbranched alkanes of at least 4 members (excludes halogenated alkanes) is 6. The molecule has 158 valence electrons. The van der Waals surface area contributed by atoms with Crippen LogP contribution in [0.4, 0.5) is 4.79 Å². The Kier molecular flexibility index (Phi) is 13.0. The van der Waals surface area contributed by atoms with Gasteiger partial charge in [0, 0.05) is 0 Å². The molecule has 0 spiro atoms. The van der Waals surface area contributed by atoms with Gasteiger partial charge in [-0.1, -0.05) is 78.6 Å². The number of alkyl carbamates (subject to hydrolysis) is 1. The lowest BCUT2D eigenvalue weighted by Crippen LogP contribution is -2.47. The summed E-state index contributed by atoms with van der Waals surface area (Å²) in [6.45, 7) is 6.99. The van der Waals surface area contributed by atoms with E-state index in [1.165, 1.54) is 38.5 Å². The molecule has 5 nitrogen and oxygen atoms in total. The Hall–Kier alpha value is -1.26. The fourth-order valence-electron chi connectivity index (χ4n) is 3.57. The number of rotatable bonds is 13. The van der Waals surface area contributed by atoms with E-state index in [2.05, 4.69) is 12.2 Å². The van der Waals surface area contributed by atoms with Crippen LogP contribution in [0.15, 0.2) is 0 Å². The van der Waals surface area contributed by atoms with E-state index in [1.54, 1.807) is 0 Å². The Bertz CT molecular complexity index is 405.